The monoisotopic (exact) mass is 634 g/mol. The third-order valence-electron chi connectivity index (χ3n) is 6.80. The van der Waals surface area contributed by atoms with E-state index in [4.69, 9.17) is 18.9 Å². The predicted octanol–water partition coefficient (Wildman–Crippen LogP) is 4.67. The lowest BCUT2D eigenvalue weighted by Crippen LogP contribution is -2.46. The summed E-state index contributed by atoms with van der Waals surface area (Å²) in [4.78, 5) is 51.1. The van der Waals surface area contributed by atoms with Crippen molar-refractivity contribution in [3.05, 3.63) is 89.5 Å². The summed E-state index contributed by atoms with van der Waals surface area (Å²) < 4.78 is 21.2. The van der Waals surface area contributed by atoms with E-state index >= 15 is 0 Å². The molecule has 0 aliphatic carbocycles. The highest BCUT2D eigenvalue weighted by atomic mass is 16.6. The van der Waals surface area contributed by atoms with E-state index in [0.29, 0.717) is 17.9 Å². The molecule has 2 amide bonds. The van der Waals surface area contributed by atoms with E-state index in [2.05, 4.69) is 10.6 Å². The molecule has 46 heavy (non-hydrogen) atoms. The number of carbonyl (C=O) groups excluding carboxylic acids is 4. The molecule has 3 aromatic rings. The smallest absolute Gasteiger partial charge is 0.408 e. The number of benzene rings is 3. The number of amides is 2. The Morgan fingerprint density at radius 1 is 0.717 bits per heavy atom. The van der Waals surface area contributed by atoms with Crippen LogP contribution >= 0.6 is 0 Å². The Hall–Kier alpha value is -5.06. The summed E-state index contributed by atoms with van der Waals surface area (Å²) in [5.74, 6) is -0.0930. The van der Waals surface area contributed by atoms with Crippen LogP contribution in [0, 0.1) is 0 Å². The summed E-state index contributed by atoms with van der Waals surface area (Å²) in [6.45, 7) is 5.51. The fourth-order valence-corrected chi connectivity index (χ4v) is 4.42. The molecule has 0 heterocycles. The molecule has 0 aromatic heterocycles. The maximum Gasteiger partial charge on any atom is 0.408 e. The van der Waals surface area contributed by atoms with Crippen LogP contribution in [-0.2, 0) is 43.3 Å². The summed E-state index contributed by atoms with van der Waals surface area (Å²) >= 11 is 0. The maximum absolute atomic E-state index is 13.3. The van der Waals surface area contributed by atoms with Crippen molar-refractivity contribution in [2.45, 2.75) is 70.7 Å². The molecule has 0 radical (unpaired) electrons. The minimum Gasteiger partial charge on any atom is -0.508 e. The van der Waals surface area contributed by atoms with Gasteiger partial charge in [0, 0.05) is 19.3 Å². The number of phenols is 1. The lowest BCUT2D eigenvalue weighted by Gasteiger charge is -2.23. The number of Topliss-reactive ketones (excluding diaryl/α,β-unsaturated/α-hetero) is 1. The highest BCUT2D eigenvalue weighted by Gasteiger charge is 2.27. The van der Waals surface area contributed by atoms with Gasteiger partial charge in [-0.15, -0.1) is 0 Å². The summed E-state index contributed by atoms with van der Waals surface area (Å²) in [6, 6.07) is 19.0. The average molecular weight is 635 g/mol. The average Bonchev–Trinajstić information content (AvgIpc) is 3.02. The van der Waals surface area contributed by atoms with Crippen molar-refractivity contribution in [1.82, 2.24) is 10.6 Å². The molecule has 0 unspecified atom stereocenters. The minimum absolute atomic E-state index is 0.0736. The van der Waals surface area contributed by atoms with E-state index < -0.39 is 35.7 Å². The van der Waals surface area contributed by atoms with Gasteiger partial charge in [-0.05, 0) is 80.3 Å². The Bertz CT molecular complexity index is 1450. The predicted molar refractivity (Wildman–Crippen MR) is 171 cm³/mol. The van der Waals surface area contributed by atoms with E-state index in [0.717, 1.165) is 16.9 Å². The standard InChI is InChI=1S/C35H42N2O9/c1-35(2,3)46-34(42)37-29(20-24-8-16-28(17-9-24)45-22-25-10-14-27(43-4)15-11-25)31(39)18-19-32(40)36-30(33(41)44-5)21-23-6-12-26(38)13-7-23/h6-17,29-30,38H,18-22H2,1-5H3,(H,36,40)(H,37,42)/t29-,30-/m0/s1. The fraction of sp³-hybridized carbons (Fsp3) is 0.371. The number of methoxy groups -OCH3 is 2. The number of hydrogen-bond donors (Lipinski definition) is 3. The normalized spacial score (nSPS) is 12.3. The quantitative estimate of drug-likeness (QED) is 0.203. The second-order valence-corrected chi connectivity index (χ2v) is 11.7. The van der Waals surface area contributed by atoms with Crippen LogP contribution in [0.4, 0.5) is 4.79 Å². The van der Waals surface area contributed by atoms with Crippen molar-refractivity contribution in [2.75, 3.05) is 14.2 Å². The number of phenolic OH excluding ortho intramolecular Hbond substituents is 1. The molecule has 0 saturated carbocycles. The fourth-order valence-electron chi connectivity index (χ4n) is 4.42. The molecule has 2 atom stereocenters. The highest BCUT2D eigenvalue weighted by molar-refractivity contribution is 5.92. The van der Waals surface area contributed by atoms with Crippen molar-refractivity contribution < 1.29 is 43.2 Å². The number of ketones is 1. The van der Waals surface area contributed by atoms with Crippen LogP contribution in [0.1, 0.15) is 50.3 Å². The van der Waals surface area contributed by atoms with Crippen molar-refractivity contribution >= 4 is 23.8 Å². The van der Waals surface area contributed by atoms with Gasteiger partial charge in [0.2, 0.25) is 5.91 Å². The third-order valence-corrected chi connectivity index (χ3v) is 6.80. The van der Waals surface area contributed by atoms with Crippen LogP contribution in [0.5, 0.6) is 17.2 Å². The van der Waals surface area contributed by atoms with Crippen LogP contribution in [0.15, 0.2) is 72.8 Å². The molecule has 0 saturated heterocycles. The first-order valence-electron chi connectivity index (χ1n) is 14.9. The van der Waals surface area contributed by atoms with Crippen LogP contribution in [0.25, 0.3) is 0 Å². The van der Waals surface area contributed by atoms with Crippen LogP contribution < -0.4 is 20.1 Å². The number of aromatic hydroxyl groups is 1. The van der Waals surface area contributed by atoms with Gasteiger partial charge in [-0.25, -0.2) is 9.59 Å². The molecular formula is C35H42N2O9. The van der Waals surface area contributed by atoms with Crippen LogP contribution in [-0.4, -0.2) is 60.8 Å². The highest BCUT2D eigenvalue weighted by Crippen LogP contribution is 2.18. The van der Waals surface area contributed by atoms with Gasteiger partial charge in [0.05, 0.1) is 20.3 Å². The number of hydrogen-bond acceptors (Lipinski definition) is 9. The topological polar surface area (TPSA) is 149 Å². The van der Waals surface area contributed by atoms with Gasteiger partial charge in [-0.2, -0.15) is 0 Å². The molecule has 0 aliphatic heterocycles. The van der Waals surface area contributed by atoms with Gasteiger partial charge in [-0.1, -0.05) is 36.4 Å². The molecule has 246 valence electrons. The summed E-state index contributed by atoms with van der Waals surface area (Å²) in [6.07, 6.45) is -0.872. The molecule has 0 aliphatic rings. The van der Waals surface area contributed by atoms with Crippen molar-refractivity contribution in [2.24, 2.45) is 0 Å². The summed E-state index contributed by atoms with van der Waals surface area (Å²) in [5, 5.41) is 14.8. The number of carbonyl (C=O) groups is 4. The first-order valence-corrected chi connectivity index (χ1v) is 14.9. The van der Waals surface area contributed by atoms with E-state index in [1.54, 1.807) is 64.3 Å². The molecule has 11 nitrogen and oxygen atoms in total. The van der Waals surface area contributed by atoms with Crippen molar-refractivity contribution in [3.8, 4) is 17.2 Å². The van der Waals surface area contributed by atoms with Crippen molar-refractivity contribution in [1.29, 1.82) is 0 Å². The lowest BCUT2D eigenvalue weighted by atomic mass is 9.99. The molecule has 0 bridgehead atoms. The van der Waals surface area contributed by atoms with Gasteiger partial charge in [0.15, 0.2) is 5.78 Å². The molecular weight excluding hydrogens is 592 g/mol. The third kappa shape index (κ3) is 12.1. The Kier molecular flexibility index (Phi) is 13.0. The first-order chi connectivity index (χ1) is 21.8. The van der Waals surface area contributed by atoms with Gasteiger partial charge in [0.1, 0.15) is 35.5 Å². The lowest BCUT2D eigenvalue weighted by molar-refractivity contribution is -0.145. The second kappa shape index (κ2) is 16.9. The Morgan fingerprint density at radius 3 is 1.83 bits per heavy atom. The molecule has 3 N–H and O–H groups in total. The van der Waals surface area contributed by atoms with Gasteiger partial charge >= 0.3 is 12.1 Å². The number of alkyl carbamates (subject to hydrolysis) is 1. The molecule has 3 aromatic carbocycles. The van der Waals surface area contributed by atoms with Crippen LogP contribution in [0.2, 0.25) is 0 Å². The Labute approximate surface area is 269 Å². The SMILES string of the molecule is COC(=O)[C@H](Cc1ccc(O)cc1)NC(=O)CCC(=O)[C@H](Cc1ccc(OCc2ccc(OC)cc2)cc1)NC(=O)OC(C)(C)C. The van der Waals surface area contributed by atoms with Crippen LogP contribution in [0.3, 0.4) is 0 Å². The van der Waals surface area contributed by atoms with Gasteiger partial charge in [0.25, 0.3) is 0 Å². The van der Waals surface area contributed by atoms with Crippen molar-refractivity contribution in [3.63, 3.8) is 0 Å². The van der Waals surface area contributed by atoms with E-state index in [9.17, 15) is 24.3 Å². The molecule has 0 spiro atoms. The zero-order valence-corrected chi connectivity index (χ0v) is 26.8. The number of esters is 1. The largest absolute Gasteiger partial charge is 0.508 e. The minimum atomic E-state index is -0.988. The van der Waals surface area contributed by atoms with Gasteiger partial charge < -0.3 is 34.7 Å². The summed E-state index contributed by atoms with van der Waals surface area (Å²) in [7, 11) is 2.82. The first kappa shape index (κ1) is 35.4. The Balaban J connectivity index is 1.62. The maximum atomic E-state index is 13.3. The van der Waals surface area contributed by atoms with E-state index in [-0.39, 0.29) is 37.2 Å². The Morgan fingerprint density at radius 2 is 1.26 bits per heavy atom. The zero-order valence-electron chi connectivity index (χ0n) is 26.8. The van der Waals surface area contributed by atoms with E-state index in [1.165, 1.54) is 19.2 Å². The van der Waals surface area contributed by atoms with E-state index in [1.807, 2.05) is 24.3 Å². The summed E-state index contributed by atoms with van der Waals surface area (Å²) in [5.41, 5.74) is 1.65. The molecule has 0 fully saturated rings. The second-order valence-electron chi connectivity index (χ2n) is 11.7. The van der Waals surface area contributed by atoms with Gasteiger partial charge in [-0.3, -0.25) is 9.59 Å². The molecule has 3 rings (SSSR count). The number of ether oxygens (including phenoxy) is 4. The zero-order chi connectivity index (χ0) is 33.7. The molecule has 11 heteroatoms. The number of nitrogens with one attached hydrogen (secondary N) is 2. The number of rotatable bonds is 15.